The van der Waals surface area contributed by atoms with Crippen molar-refractivity contribution in [1.82, 2.24) is 14.9 Å². The third-order valence-electron chi connectivity index (χ3n) is 3.50. The molecule has 1 heterocycles. The number of nitrogens with zero attached hydrogens (tertiary/aromatic N) is 4. The second kappa shape index (κ2) is 8.31. The first-order valence-corrected chi connectivity index (χ1v) is 9.40. The van der Waals surface area contributed by atoms with Gasteiger partial charge >= 0.3 is 0 Å². The van der Waals surface area contributed by atoms with Crippen LogP contribution in [0.15, 0.2) is 63.5 Å². The normalized spacial score (nSPS) is 11.2. The Morgan fingerprint density at radius 1 is 1.24 bits per heavy atom. The zero-order chi connectivity index (χ0) is 17.6. The van der Waals surface area contributed by atoms with Gasteiger partial charge in [-0.05, 0) is 30.7 Å². The molecule has 5 nitrogen and oxygen atoms in total. The average Bonchev–Trinajstić information content (AvgIpc) is 3.07. The molecule has 0 aliphatic rings. The zero-order valence-electron chi connectivity index (χ0n) is 13.9. The molecule has 2 aromatic carbocycles. The Labute approximate surface area is 159 Å². The van der Waals surface area contributed by atoms with Crippen molar-refractivity contribution < 1.29 is 4.74 Å². The van der Waals surface area contributed by atoms with Crippen LogP contribution in [0.1, 0.15) is 16.7 Å². The molecule has 0 atom stereocenters. The van der Waals surface area contributed by atoms with E-state index < -0.39 is 0 Å². The molecular formula is C18H17BrN4OS. The van der Waals surface area contributed by atoms with Crippen molar-refractivity contribution in [1.29, 1.82) is 0 Å². The van der Waals surface area contributed by atoms with Gasteiger partial charge in [0.05, 0.1) is 13.3 Å². The number of halogens is 1. The standard InChI is InChI=1S/C18H17BrN4OS/c1-13-3-5-14(6-4-13)11-25-18-22-20-12-23(18)21-10-15-9-16(19)7-8-17(15)24-2/h3-10,12H,11H2,1-2H3/b21-10-. The van der Waals surface area contributed by atoms with Crippen LogP contribution in [0.2, 0.25) is 0 Å². The summed E-state index contributed by atoms with van der Waals surface area (Å²) in [6.45, 7) is 2.08. The van der Waals surface area contributed by atoms with Crippen LogP contribution >= 0.6 is 27.7 Å². The molecule has 3 aromatic rings. The first-order valence-electron chi connectivity index (χ1n) is 7.62. The van der Waals surface area contributed by atoms with Crippen LogP contribution in [0, 0.1) is 6.92 Å². The van der Waals surface area contributed by atoms with E-state index >= 15 is 0 Å². The van der Waals surface area contributed by atoms with Crippen molar-refractivity contribution in [2.24, 2.45) is 5.10 Å². The molecule has 3 rings (SSSR count). The van der Waals surface area contributed by atoms with Gasteiger partial charge in [0.25, 0.3) is 0 Å². The largest absolute Gasteiger partial charge is 0.496 e. The van der Waals surface area contributed by atoms with E-state index in [1.54, 1.807) is 36.1 Å². The van der Waals surface area contributed by atoms with Crippen LogP contribution in [0.5, 0.6) is 5.75 Å². The molecule has 0 saturated heterocycles. The molecule has 0 aliphatic carbocycles. The maximum atomic E-state index is 5.36. The Bertz CT molecular complexity index is 877. The summed E-state index contributed by atoms with van der Waals surface area (Å²) in [5, 5.41) is 13.3. The Morgan fingerprint density at radius 2 is 2.04 bits per heavy atom. The van der Waals surface area contributed by atoms with E-state index in [4.69, 9.17) is 4.74 Å². The summed E-state index contributed by atoms with van der Waals surface area (Å²) in [5.74, 6) is 1.57. The molecule has 0 saturated carbocycles. The number of aryl methyl sites for hydroxylation is 1. The zero-order valence-corrected chi connectivity index (χ0v) is 16.3. The Morgan fingerprint density at radius 3 is 2.80 bits per heavy atom. The van der Waals surface area contributed by atoms with Gasteiger partial charge in [-0.1, -0.05) is 57.5 Å². The summed E-state index contributed by atoms with van der Waals surface area (Å²) in [6, 6.07) is 14.2. The summed E-state index contributed by atoms with van der Waals surface area (Å²) in [4.78, 5) is 0. The summed E-state index contributed by atoms with van der Waals surface area (Å²) in [6.07, 6.45) is 3.33. The van der Waals surface area contributed by atoms with Crippen molar-refractivity contribution in [2.75, 3.05) is 7.11 Å². The van der Waals surface area contributed by atoms with Crippen molar-refractivity contribution in [3.8, 4) is 5.75 Å². The van der Waals surface area contributed by atoms with Crippen LogP contribution in [0.25, 0.3) is 0 Å². The highest BCUT2D eigenvalue weighted by Crippen LogP contribution is 2.23. The molecule has 0 aliphatic heterocycles. The third kappa shape index (κ3) is 4.70. The molecule has 1 aromatic heterocycles. The molecule has 7 heteroatoms. The highest BCUT2D eigenvalue weighted by molar-refractivity contribution is 9.10. The van der Waals surface area contributed by atoms with E-state index in [9.17, 15) is 0 Å². The van der Waals surface area contributed by atoms with Gasteiger partial charge in [-0.15, -0.1) is 10.2 Å². The van der Waals surface area contributed by atoms with Crippen molar-refractivity contribution >= 4 is 33.9 Å². The minimum Gasteiger partial charge on any atom is -0.496 e. The molecule has 128 valence electrons. The first-order chi connectivity index (χ1) is 12.2. The van der Waals surface area contributed by atoms with Crippen molar-refractivity contribution in [3.63, 3.8) is 0 Å². The molecule has 25 heavy (non-hydrogen) atoms. The van der Waals surface area contributed by atoms with E-state index in [0.29, 0.717) is 0 Å². The third-order valence-corrected chi connectivity index (χ3v) is 5.00. The highest BCUT2D eigenvalue weighted by atomic mass is 79.9. The van der Waals surface area contributed by atoms with E-state index in [1.807, 2.05) is 18.2 Å². The Kier molecular flexibility index (Phi) is 5.88. The molecule has 0 amide bonds. The minimum atomic E-state index is 0.741. The Hall–Kier alpha value is -2.12. The fraction of sp³-hybridized carbons (Fsp3) is 0.167. The van der Waals surface area contributed by atoms with Gasteiger partial charge in [0.2, 0.25) is 5.16 Å². The van der Waals surface area contributed by atoms with Crippen LogP contribution in [-0.4, -0.2) is 28.2 Å². The first kappa shape index (κ1) is 17.7. The van der Waals surface area contributed by atoms with Crippen LogP contribution < -0.4 is 4.74 Å². The van der Waals surface area contributed by atoms with E-state index in [0.717, 1.165) is 26.7 Å². The molecular weight excluding hydrogens is 400 g/mol. The van der Waals surface area contributed by atoms with Gasteiger partial charge in [0.1, 0.15) is 12.1 Å². The number of benzene rings is 2. The maximum absolute atomic E-state index is 5.36. The molecule has 0 spiro atoms. The van der Waals surface area contributed by atoms with Gasteiger partial charge in [-0.25, -0.2) is 0 Å². The van der Waals surface area contributed by atoms with E-state index in [2.05, 4.69) is 62.4 Å². The predicted octanol–water partition coefficient (Wildman–Crippen LogP) is 4.53. The lowest BCUT2D eigenvalue weighted by molar-refractivity contribution is 0.414. The molecule has 0 unspecified atom stereocenters. The Balaban J connectivity index is 1.73. The molecule has 0 radical (unpaired) electrons. The number of thioether (sulfide) groups is 1. The van der Waals surface area contributed by atoms with E-state index in [1.165, 1.54) is 11.1 Å². The SMILES string of the molecule is COc1ccc(Br)cc1/C=N\n1cnnc1SCc1ccc(C)cc1. The minimum absolute atomic E-state index is 0.741. The van der Waals surface area contributed by atoms with Gasteiger partial charge in [0, 0.05) is 15.8 Å². The number of hydrogen-bond donors (Lipinski definition) is 0. The summed E-state index contributed by atoms with van der Waals surface area (Å²) < 4.78 is 7.99. The molecule has 0 N–H and O–H groups in total. The highest BCUT2D eigenvalue weighted by Gasteiger charge is 2.06. The fourth-order valence-corrected chi connectivity index (χ4v) is 3.35. The van der Waals surface area contributed by atoms with Crippen LogP contribution in [-0.2, 0) is 5.75 Å². The lowest BCUT2D eigenvalue weighted by atomic mass is 10.2. The summed E-state index contributed by atoms with van der Waals surface area (Å²) in [5.41, 5.74) is 3.37. The maximum Gasteiger partial charge on any atom is 0.212 e. The van der Waals surface area contributed by atoms with Gasteiger partial charge in [-0.2, -0.15) is 9.78 Å². The smallest absolute Gasteiger partial charge is 0.212 e. The number of hydrogen-bond acceptors (Lipinski definition) is 5. The fourth-order valence-electron chi connectivity index (χ4n) is 2.16. The lowest BCUT2D eigenvalue weighted by Crippen LogP contribution is -1.95. The predicted molar refractivity (Wildman–Crippen MR) is 104 cm³/mol. The van der Waals surface area contributed by atoms with Gasteiger partial charge in [0.15, 0.2) is 0 Å². The molecule has 0 bridgehead atoms. The van der Waals surface area contributed by atoms with Crippen LogP contribution in [0.4, 0.5) is 0 Å². The average molecular weight is 417 g/mol. The summed E-state index contributed by atoms with van der Waals surface area (Å²) in [7, 11) is 1.64. The van der Waals surface area contributed by atoms with Crippen molar-refractivity contribution in [2.45, 2.75) is 17.8 Å². The van der Waals surface area contributed by atoms with Crippen LogP contribution in [0.3, 0.4) is 0 Å². The number of rotatable bonds is 6. The van der Waals surface area contributed by atoms with E-state index in [-0.39, 0.29) is 0 Å². The lowest BCUT2D eigenvalue weighted by Gasteiger charge is -2.05. The molecule has 0 fully saturated rings. The quantitative estimate of drug-likeness (QED) is 0.437. The van der Waals surface area contributed by atoms with Gasteiger partial charge in [-0.3, -0.25) is 0 Å². The number of ether oxygens (including phenoxy) is 1. The topological polar surface area (TPSA) is 52.3 Å². The number of methoxy groups -OCH3 is 1. The second-order valence-corrected chi connectivity index (χ2v) is 7.22. The monoisotopic (exact) mass is 416 g/mol. The van der Waals surface area contributed by atoms with Gasteiger partial charge < -0.3 is 4.74 Å². The second-order valence-electron chi connectivity index (χ2n) is 5.36. The summed E-state index contributed by atoms with van der Waals surface area (Å²) >= 11 is 5.06. The van der Waals surface area contributed by atoms with Crippen molar-refractivity contribution in [3.05, 3.63) is 70.0 Å². The number of aromatic nitrogens is 3.